The number of imidazole rings is 1. The predicted molar refractivity (Wildman–Crippen MR) is 69.2 cm³/mol. The summed E-state index contributed by atoms with van der Waals surface area (Å²) in [5.74, 6) is 1.10. The van der Waals surface area contributed by atoms with E-state index in [4.69, 9.17) is 0 Å². The molecule has 2 rings (SSSR count). The molecule has 1 aromatic heterocycles. The molecule has 0 aromatic carbocycles. The highest BCUT2D eigenvalue weighted by Gasteiger charge is 2.12. The topological polar surface area (TPSA) is 73.1 Å². The van der Waals surface area contributed by atoms with E-state index in [9.17, 15) is 4.79 Å². The van der Waals surface area contributed by atoms with Crippen molar-refractivity contribution in [2.24, 2.45) is 0 Å². The van der Waals surface area contributed by atoms with Gasteiger partial charge in [-0.25, -0.2) is 4.98 Å². The van der Waals surface area contributed by atoms with Crippen LogP contribution in [0.1, 0.15) is 12.2 Å². The Morgan fingerprint density at radius 1 is 1.44 bits per heavy atom. The first-order valence-corrected chi connectivity index (χ1v) is 6.52. The molecule has 0 atom stereocenters. The number of H-pyrrole nitrogens is 1. The number of amides is 1. The maximum absolute atomic E-state index is 11.7. The van der Waals surface area contributed by atoms with Crippen molar-refractivity contribution in [1.82, 2.24) is 25.5 Å². The van der Waals surface area contributed by atoms with E-state index in [1.807, 2.05) is 6.20 Å². The lowest BCUT2D eigenvalue weighted by Crippen LogP contribution is -2.47. The molecule has 18 heavy (non-hydrogen) atoms. The lowest BCUT2D eigenvalue weighted by atomic mass is 10.3. The third-order valence-corrected chi connectivity index (χ3v) is 3.04. The largest absolute Gasteiger partial charge is 0.355 e. The third kappa shape index (κ3) is 4.46. The van der Waals surface area contributed by atoms with Crippen LogP contribution < -0.4 is 10.6 Å². The molecule has 0 spiro atoms. The van der Waals surface area contributed by atoms with Crippen molar-refractivity contribution in [3.05, 3.63) is 18.2 Å². The molecule has 1 saturated heterocycles. The van der Waals surface area contributed by atoms with Crippen LogP contribution in [0.3, 0.4) is 0 Å². The molecule has 3 N–H and O–H groups in total. The van der Waals surface area contributed by atoms with Gasteiger partial charge in [0.2, 0.25) is 5.91 Å². The molecule has 100 valence electrons. The van der Waals surface area contributed by atoms with Crippen LogP contribution in [-0.2, 0) is 11.2 Å². The van der Waals surface area contributed by atoms with Gasteiger partial charge in [-0.2, -0.15) is 0 Å². The summed E-state index contributed by atoms with van der Waals surface area (Å²) in [6, 6.07) is 0. The van der Waals surface area contributed by atoms with E-state index in [-0.39, 0.29) is 5.91 Å². The maximum atomic E-state index is 11.7. The van der Waals surface area contributed by atoms with Gasteiger partial charge in [-0.3, -0.25) is 9.69 Å². The Bertz CT molecular complexity index is 345. The summed E-state index contributed by atoms with van der Waals surface area (Å²) in [5, 5.41) is 6.22. The van der Waals surface area contributed by atoms with Crippen LogP contribution >= 0.6 is 0 Å². The van der Waals surface area contributed by atoms with Gasteiger partial charge < -0.3 is 15.6 Å². The number of aromatic nitrogens is 2. The Balaban J connectivity index is 1.54. The Morgan fingerprint density at radius 2 is 2.28 bits per heavy atom. The summed E-state index contributed by atoms with van der Waals surface area (Å²) in [6.45, 7) is 5.10. The first-order valence-electron chi connectivity index (χ1n) is 6.52. The van der Waals surface area contributed by atoms with Crippen LogP contribution in [0.2, 0.25) is 0 Å². The molecular weight excluding hydrogens is 230 g/mol. The summed E-state index contributed by atoms with van der Waals surface area (Å²) in [6.07, 6.45) is 5.36. The normalized spacial score (nSPS) is 16.7. The van der Waals surface area contributed by atoms with E-state index in [0.29, 0.717) is 13.1 Å². The number of carbonyl (C=O) groups is 1. The molecule has 0 radical (unpaired) electrons. The zero-order chi connectivity index (χ0) is 12.6. The van der Waals surface area contributed by atoms with Gasteiger partial charge in [0, 0.05) is 51.5 Å². The number of hydrogen-bond acceptors (Lipinski definition) is 4. The van der Waals surface area contributed by atoms with Gasteiger partial charge in [0.05, 0.1) is 6.54 Å². The average Bonchev–Trinajstić information content (AvgIpc) is 2.89. The minimum atomic E-state index is 0.122. The number of rotatable bonds is 6. The quantitative estimate of drug-likeness (QED) is 0.588. The first-order chi connectivity index (χ1) is 8.84. The third-order valence-electron chi connectivity index (χ3n) is 3.04. The highest BCUT2D eigenvalue weighted by molar-refractivity contribution is 5.77. The van der Waals surface area contributed by atoms with Crippen LogP contribution in [0.15, 0.2) is 12.4 Å². The number of nitrogens with zero attached hydrogens (tertiary/aromatic N) is 2. The molecule has 6 heteroatoms. The Kier molecular flexibility index (Phi) is 5.16. The molecule has 1 aromatic rings. The van der Waals surface area contributed by atoms with Gasteiger partial charge >= 0.3 is 0 Å². The first kappa shape index (κ1) is 13.0. The van der Waals surface area contributed by atoms with Gasteiger partial charge in [0.1, 0.15) is 5.82 Å². The van der Waals surface area contributed by atoms with E-state index in [1.54, 1.807) is 6.20 Å². The van der Waals surface area contributed by atoms with Crippen molar-refractivity contribution in [1.29, 1.82) is 0 Å². The second-order valence-electron chi connectivity index (χ2n) is 4.52. The molecular formula is C12H21N5O. The Morgan fingerprint density at radius 3 is 3.00 bits per heavy atom. The maximum Gasteiger partial charge on any atom is 0.234 e. The minimum absolute atomic E-state index is 0.122. The Hall–Kier alpha value is -1.40. The van der Waals surface area contributed by atoms with E-state index in [0.717, 1.165) is 44.8 Å². The van der Waals surface area contributed by atoms with Gasteiger partial charge in [-0.05, 0) is 6.42 Å². The van der Waals surface area contributed by atoms with Crippen molar-refractivity contribution in [3.8, 4) is 0 Å². The summed E-state index contributed by atoms with van der Waals surface area (Å²) in [5.41, 5.74) is 0. The summed E-state index contributed by atoms with van der Waals surface area (Å²) in [4.78, 5) is 21.0. The standard InChI is InChI=1S/C12H21N5O/c18-12(10-17-8-6-13-7-9-17)16-3-1-2-11-14-4-5-15-11/h4-5,13H,1-3,6-10H2,(H,14,15)(H,16,18). The number of hydrogen-bond donors (Lipinski definition) is 3. The second-order valence-corrected chi connectivity index (χ2v) is 4.52. The van der Waals surface area contributed by atoms with E-state index in [1.165, 1.54) is 0 Å². The van der Waals surface area contributed by atoms with Gasteiger partial charge in [0.25, 0.3) is 0 Å². The smallest absolute Gasteiger partial charge is 0.234 e. The monoisotopic (exact) mass is 251 g/mol. The number of piperazine rings is 1. The van der Waals surface area contributed by atoms with E-state index < -0.39 is 0 Å². The molecule has 0 aliphatic carbocycles. The predicted octanol–water partition coefficient (Wildman–Crippen LogP) is -0.636. The van der Waals surface area contributed by atoms with Crippen LogP contribution in [-0.4, -0.2) is 60.0 Å². The van der Waals surface area contributed by atoms with Crippen molar-refractivity contribution < 1.29 is 4.79 Å². The molecule has 1 amide bonds. The van der Waals surface area contributed by atoms with E-state index in [2.05, 4.69) is 25.5 Å². The molecule has 1 aliphatic rings. The van der Waals surface area contributed by atoms with Crippen molar-refractivity contribution in [2.75, 3.05) is 39.3 Å². The van der Waals surface area contributed by atoms with Gasteiger partial charge in [-0.1, -0.05) is 0 Å². The van der Waals surface area contributed by atoms with Crippen molar-refractivity contribution >= 4 is 5.91 Å². The molecule has 1 fully saturated rings. The molecule has 2 heterocycles. The number of aryl methyl sites for hydroxylation is 1. The highest BCUT2D eigenvalue weighted by atomic mass is 16.2. The molecule has 0 bridgehead atoms. The second kappa shape index (κ2) is 7.13. The highest BCUT2D eigenvalue weighted by Crippen LogP contribution is 1.94. The average molecular weight is 251 g/mol. The Labute approximate surface area is 107 Å². The SMILES string of the molecule is O=C(CN1CCNCC1)NCCCc1ncc[nH]1. The zero-order valence-corrected chi connectivity index (χ0v) is 10.6. The number of carbonyl (C=O) groups excluding carboxylic acids is 1. The number of aromatic amines is 1. The fourth-order valence-electron chi connectivity index (χ4n) is 2.05. The van der Waals surface area contributed by atoms with Gasteiger partial charge in [-0.15, -0.1) is 0 Å². The summed E-state index contributed by atoms with van der Waals surface area (Å²) < 4.78 is 0. The van der Waals surface area contributed by atoms with Crippen LogP contribution in [0.4, 0.5) is 0 Å². The lowest BCUT2D eigenvalue weighted by Gasteiger charge is -2.26. The zero-order valence-electron chi connectivity index (χ0n) is 10.6. The van der Waals surface area contributed by atoms with Crippen LogP contribution in [0.25, 0.3) is 0 Å². The van der Waals surface area contributed by atoms with Crippen molar-refractivity contribution in [2.45, 2.75) is 12.8 Å². The van der Waals surface area contributed by atoms with E-state index >= 15 is 0 Å². The molecule has 6 nitrogen and oxygen atoms in total. The fraction of sp³-hybridized carbons (Fsp3) is 0.667. The fourth-order valence-corrected chi connectivity index (χ4v) is 2.05. The van der Waals surface area contributed by atoms with Gasteiger partial charge in [0.15, 0.2) is 0 Å². The molecule has 1 aliphatic heterocycles. The summed E-state index contributed by atoms with van der Waals surface area (Å²) >= 11 is 0. The number of nitrogens with one attached hydrogen (secondary N) is 3. The molecule has 0 unspecified atom stereocenters. The lowest BCUT2D eigenvalue weighted by molar-refractivity contribution is -0.122. The van der Waals surface area contributed by atoms with Crippen molar-refractivity contribution in [3.63, 3.8) is 0 Å². The van der Waals surface area contributed by atoms with Crippen LogP contribution in [0, 0.1) is 0 Å². The molecule has 0 saturated carbocycles. The minimum Gasteiger partial charge on any atom is -0.355 e. The van der Waals surface area contributed by atoms with Crippen LogP contribution in [0.5, 0.6) is 0 Å². The summed E-state index contributed by atoms with van der Waals surface area (Å²) in [7, 11) is 0.